The van der Waals surface area contributed by atoms with Crippen molar-refractivity contribution in [3.8, 4) is 6.07 Å². The lowest BCUT2D eigenvalue weighted by molar-refractivity contribution is -0.385. The van der Waals surface area contributed by atoms with E-state index in [1.807, 2.05) is 0 Å². The standard InChI is InChI=1S/C10H5ClN2O4/c11-3-9(15)10-7(4-12)6(5-14)1-2-8(10)13(16)17/h1-2,5H,3H2. The van der Waals surface area contributed by atoms with Crippen molar-refractivity contribution >= 4 is 29.4 Å². The summed E-state index contributed by atoms with van der Waals surface area (Å²) in [6.07, 6.45) is 0.354. The molecule has 1 rings (SSSR count). The van der Waals surface area contributed by atoms with Crippen LogP contribution in [0.2, 0.25) is 0 Å². The number of carbonyl (C=O) groups excluding carboxylic acids is 2. The molecule has 0 bridgehead atoms. The second-order valence-corrected chi connectivity index (χ2v) is 3.23. The first-order chi connectivity index (χ1) is 8.06. The highest BCUT2D eigenvalue weighted by molar-refractivity contribution is 6.31. The molecule has 0 fully saturated rings. The van der Waals surface area contributed by atoms with Crippen LogP contribution in [0.15, 0.2) is 12.1 Å². The second-order valence-electron chi connectivity index (χ2n) is 2.97. The largest absolute Gasteiger partial charge is 0.298 e. The molecular formula is C10H5ClN2O4. The van der Waals surface area contributed by atoms with Crippen LogP contribution in [0, 0.1) is 21.4 Å². The lowest BCUT2D eigenvalue weighted by atomic mass is 9.98. The third kappa shape index (κ3) is 2.29. The van der Waals surface area contributed by atoms with Crippen LogP contribution >= 0.6 is 11.6 Å². The zero-order valence-electron chi connectivity index (χ0n) is 8.34. The fraction of sp³-hybridized carbons (Fsp3) is 0.100. The summed E-state index contributed by atoms with van der Waals surface area (Å²) in [7, 11) is 0. The van der Waals surface area contributed by atoms with Gasteiger partial charge in [0, 0.05) is 11.6 Å². The molecule has 0 aliphatic rings. The number of alkyl halides is 1. The lowest BCUT2D eigenvalue weighted by Crippen LogP contribution is -2.09. The molecule has 0 saturated heterocycles. The van der Waals surface area contributed by atoms with Gasteiger partial charge in [-0.2, -0.15) is 5.26 Å². The second kappa shape index (κ2) is 5.18. The minimum atomic E-state index is -0.796. The third-order valence-corrected chi connectivity index (χ3v) is 2.29. The molecule has 0 spiro atoms. The molecule has 0 aromatic heterocycles. The molecule has 0 amide bonds. The van der Waals surface area contributed by atoms with Gasteiger partial charge < -0.3 is 0 Å². The van der Waals surface area contributed by atoms with Crippen molar-refractivity contribution in [2.75, 3.05) is 5.88 Å². The highest BCUT2D eigenvalue weighted by Gasteiger charge is 2.25. The molecule has 6 nitrogen and oxygen atoms in total. The van der Waals surface area contributed by atoms with Crippen molar-refractivity contribution in [2.45, 2.75) is 0 Å². The van der Waals surface area contributed by atoms with Crippen molar-refractivity contribution in [1.82, 2.24) is 0 Å². The Hall–Kier alpha value is -2.26. The Labute approximate surface area is 101 Å². The predicted molar refractivity (Wildman–Crippen MR) is 58.2 cm³/mol. The number of rotatable bonds is 4. The number of nitriles is 1. The van der Waals surface area contributed by atoms with Crippen molar-refractivity contribution in [2.24, 2.45) is 0 Å². The van der Waals surface area contributed by atoms with Crippen LogP contribution < -0.4 is 0 Å². The Balaban J connectivity index is 3.69. The van der Waals surface area contributed by atoms with Gasteiger partial charge in [0.25, 0.3) is 5.69 Å². The van der Waals surface area contributed by atoms with Gasteiger partial charge >= 0.3 is 0 Å². The highest BCUT2D eigenvalue weighted by atomic mass is 35.5. The quantitative estimate of drug-likeness (QED) is 0.267. The van der Waals surface area contributed by atoms with E-state index in [9.17, 15) is 19.7 Å². The van der Waals surface area contributed by atoms with Gasteiger partial charge in [-0.15, -0.1) is 11.6 Å². The van der Waals surface area contributed by atoms with E-state index in [1.165, 1.54) is 0 Å². The number of hydrogen-bond acceptors (Lipinski definition) is 5. The Bertz CT molecular complexity index is 548. The van der Waals surface area contributed by atoms with E-state index in [4.69, 9.17) is 16.9 Å². The molecule has 17 heavy (non-hydrogen) atoms. The number of nitro benzene ring substituents is 1. The van der Waals surface area contributed by atoms with Gasteiger partial charge in [-0.3, -0.25) is 19.7 Å². The maximum Gasteiger partial charge on any atom is 0.281 e. The molecule has 7 heteroatoms. The van der Waals surface area contributed by atoms with Crippen LogP contribution in [0.5, 0.6) is 0 Å². The average molecular weight is 253 g/mol. The zero-order valence-corrected chi connectivity index (χ0v) is 9.10. The summed E-state index contributed by atoms with van der Waals surface area (Å²) in [5, 5.41) is 19.6. The number of carbonyl (C=O) groups is 2. The number of benzene rings is 1. The summed E-state index contributed by atoms with van der Waals surface area (Å²) < 4.78 is 0. The maximum atomic E-state index is 11.5. The number of nitro groups is 1. The Morgan fingerprint density at radius 3 is 2.65 bits per heavy atom. The zero-order chi connectivity index (χ0) is 13.0. The Morgan fingerprint density at radius 1 is 1.59 bits per heavy atom. The van der Waals surface area contributed by atoms with Gasteiger partial charge in [0.05, 0.1) is 16.4 Å². The Kier molecular flexibility index (Phi) is 3.91. The Morgan fingerprint density at radius 2 is 2.24 bits per heavy atom. The molecule has 1 aromatic carbocycles. The molecule has 0 saturated carbocycles. The van der Waals surface area contributed by atoms with E-state index in [2.05, 4.69) is 0 Å². The summed E-state index contributed by atoms with van der Waals surface area (Å²) in [4.78, 5) is 32.1. The molecule has 86 valence electrons. The summed E-state index contributed by atoms with van der Waals surface area (Å²) in [5.74, 6) is -1.27. The van der Waals surface area contributed by atoms with E-state index in [0.717, 1.165) is 12.1 Å². The highest BCUT2D eigenvalue weighted by Crippen LogP contribution is 2.25. The molecule has 0 N–H and O–H groups in total. The van der Waals surface area contributed by atoms with Crippen LogP contribution in [-0.4, -0.2) is 22.9 Å². The molecule has 1 aromatic rings. The summed E-state index contributed by atoms with van der Waals surface area (Å²) in [5.41, 5.74) is -1.35. The number of aldehydes is 1. The van der Waals surface area contributed by atoms with Crippen LogP contribution in [0.4, 0.5) is 5.69 Å². The van der Waals surface area contributed by atoms with E-state index in [1.54, 1.807) is 6.07 Å². The summed E-state index contributed by atoms with van der Waals surface area (Å²) in [6, 6.07) is 3.73. The molecule has 0 unspecified atom stereocenters. The minimum absolute atomic E-state index is 0.0773. The lowest BCUT2D eigenvalue weighted by Gasteiger charge is -2.04. The number of nitrogens with zero attached hydrogens (tertiary/aromatic N) is 2. The van der Waals surface area contributed by atoms with Gasteiger partial charge in [0.1, 0.15) is 11.6 Å². The summed E-state index contributed by atoms with van der Waals surface area (Å²) in [6.45, 7) is 0. The van der Waals surface area contributed by atoms with Crippen LogP contribution in [0.3, 0.4) is 0 Å². The van der Waals surface area contributed by atoms with E-state index in [-0.39, 0.29) is 11.1 Å². The van der Waals surface area contributed by atoms with Gasteiger partial charge in [-0.05, 0) is 6.07 Å². The first-order valence-electron chi connectivity index (χ1n) is 4.32. The van der Waals surface area contributed by atoms with Gasteiger partial charge in [-0.1, -0.05) is 0 Å². The molecular weight excluding hydrogens is 248 g/mol. The third-order valence-electron chi connectivity index (χ3n) is 2.05. The van der Waals surface area contributed by atoms with Crippen LogP contribution in [0.1, 0.15) is 26.3 Å². The topological polar surface area (TPSA) is 101 Å². The van der Waals surface area contributed by atoms with Gasteiger partial charge in [0.2, 0.25) is 0 Å². The molecule has 0 aliphatic heterocycles. The summed E-state index contributed by atoms with van der Waals surface area (Å²) >= 11 is 5.32. The van der Waals surface area contributed by atoms with Crippen LogP contribution in [-0.2, 0) is 0 Å². The monoisotopic (exact) mass is 252 g/mol. The van der Waals surface area contributed by atoms with Crippen molar-refractivity contribution < 1.29 is 14.5 Å². The van der Waals surface area contributed by atoms with Crippen molar-refractivity contribution in [3.63, 3.8) is 0 Å². The molecule has 0 radical (unpaired) electrons. The SMILES string of the molecule is N#Cc1c(C=O)ccc([N+](=O)[O-])c1C(=O)CCl. The van der Waals surface area contributed by atoms with Crippen LogP contribution in [0.25, 0.3) is 0 Å². The maximum absolute atomic E-state index is 11.5. The van der Waals surface area contributed by atoms with E-state index in [0.29, 0.717) is 6.29 Å². The minimum Gasteiger partial charge on any atom is -0.298 e. The first kappa shape index (κ1) is 12.8. The van der Waals surface area contributed by atoms with E-state index < -0.39 is 27.8 Å². The van der Waals surface area contributed by atoms with Gasteiger partial charge in [0.15, 0.2) is 12.1 Å². The number of ketones is 1. The van der Waals surface area contributed by atoms with Crippen molar-refractivity contribution in [3.05, 3.63) is 38.9 Å². The average Bonchev–Trinajstić information content (AvgIpc) is 2.35. The smallest absolute Gasteiger partial charge is 0.281 e. The number of halogens is 1. The van der Waals surface area contributed by atoms with Crippen molar-refractivity contribution in [1.29, 1.82) is 5.26 Å². The number of Topliss-reactive ketones (excluding diaryl/α,β-unsaturated/α-hetero) is 1. The van der Waals surface area contributed by atoms with Gasteiger partial charge in [-0.25, -0.2) is 0 Å². The predicted octanol–water partition coefficient (Wildman–Crippen LogP) is 1.70. The fourth-order valence-electron chi connectivity index (χ4n) is 1.33. The van der Waals surface area contributed by atoms with E-state index >= 15 is 0 Å². The normalized spacial score (nSPS) is 9.41. The molecule has 0 atom stereocenters. The fourth-order valence-corrected chi connectivity index (χ4v) is 1.46. The molecule has 0 aliphatic carbocycles. The number of hydrogen-bond donors (Lipinski definition) is 0. The first-order valence-corrected chi connectivity index (χ1v) is 4.86. The molecule has 0 heterocycles.